The van der Waals surface area contributed by atoms with Gasteiger partial charge >= 0.3 is 18.1 Å². The van der Waals surface area contributed by atoms with Crippen molar-refractivity contribution < 1.29 is 32.6 Å². The molecule has 10 nitrogen and oxygen atoms in total. The maximum absolute atomic E-state index is 12.2. The minimum atomic E-state index is -5.08. The van der Waals surface area contributed by atoms with E-state index in [0.29, 0.717) is 12.4 Å². The smallest absolute Gasteiger partial charge is 0.475 e. The molecule has 13 heteroatoms. The summed E-state index contributed by atoms with van der Waals surface area (Å²) >= 11 is 0. The summed E-state index contributed by atoms with van der Waals surface area (Å²) < 4.78 is 42.5. The van der Waals surface area contributed by atoms with Crippen molar-refractivity contribution in [3.8, 4) is 5.82 Å². The number of rotatable bonds is 5. The normalized spacial score (nSPS) is 12.1. The zero-order chi connectivity index (χ0) is 22.5. The number of halogens is 3. The minimum Gasteiger partial charge on any atom is -0.475 e. The molecule has 0 aliphatic rings. The highest BCUT2D eigenvalue weighted by molar-refractivity contribution is 5.87. The molecule has 3 rings (SSSR count). The predicted octanol–water partition coefficient (Wildman–Crippen LogP) is 1.99. The minimum absolute atomic E-state index is 0.254. The van der Waals surface area contributed by atoms with E-state index in [-0.39, 0.29) is 11.8 Å². The molecule has 0 bridgehead atoms. The number of carbonyl (C=O) groups is 2. The number of hydrogen-bond acceptors (Lipinski definition) is 6. The number of hydrogen-bond donors (Lipinski definition) is 1. The number of esters is 1. The number of aromatic nitrogens is 6. The molecule has 0 fully saturated rings. The summed E-state index contributed by atoms with van der Waals surface area (Å²) in [5.41, 5.74) is 0.254. The van der Waals surface area contributed by atoms with Gasteiger partial charge in [-0.3, -0.25) is 9.25 Å². The lowest BCUT2D eigenvalue weighted by atomic mass is 10.4. The van der Waals surface area contributed by atoms with Crippen molar-refractivity contribution in [1.82, 2.24) is 28.9 Å². The number of imidazole rings is 2. The van der Waals surface area contributed by atoms with E-state index in [1.165, 1.54) is 0 Å². The van der Waals surface area contributed by atoms with E-state index in [2.05, 4.69) is 15.1 Å². The van der Waals surface area contributed by atoms with E-state index in [9.17, 15) is 18.0 Å². The molecule has 0 spiro atoms. The molecule has 0 aliphatic carbocycles. The number of aryl methyl sites for hydroxylation is 2. The van der Waals surface area contributed by atoms with E-state index < -0.39 is 18.1 Å². The van der Waals surface area contributed by atoms with E-state index in [4.69, 9.17) is 14.6 Å². The van der Waals surface area contributed by atoms with Crippen molar-refractivity contribution in [3.05, 3.63) is 48.7 Å². The first kappa shape index (κ1) is 22.6. The molecule has 3 heterocycles. The van der Waals surface area contributed by atoms with Gasteiger partial charge in [-0.25, -0.2) is 19.6 Å². The van der Waals surface area contributed by atoms with Gasteiger partial charge in [0, 0.05) is 37.9 Å². The lowest BCUT2D eigenvalue weighted by molar-refractivity contribution is -0.192. The summed E-state index contributed by atoms with van der Waals surface area (Å²) in [7, 11) is 1.83. The molecule has 0 saturated heterocycles. The Balaban J connectivity index is 0.000000396. The SMILES string of the molecule is Cc1nccn1CC(C)OC(=O)c1cn(-c2ccn(C)n2)cn1.O=C(O)C(F)(F)F. The first-order valence-electron chi connectivity index (χ1n) is 8.50. The van der Waals surface area contributed by atoms with Crippen LogP contribution in [-0.2, 0) is 23.1 Å². The third-order valence-corrected chi connectivity index (χ3v) is 3.68. The molecule has 3 aromatic heterocycles. The summed E-state index contributed by atoms with van der Waals surface area (Å²) in [6.45, 7) is 4.30. The Morgan fingerprint density at radius 1 is 1.27 bits per heavy atom. The Kier molecular flexibility index (Phi) is 6.97. The average molecular weight is 428 g/mol. The van der Waals surface area contributed by atoms with Crippen LogP contribution < -0.4 is 0 Å². The second kappa shape index (κ2) is 9.24. The Morgan fingerprint density at radius 3 is 2.43 bits per heavy atom. The molecular weight excluding hydrogens is 409 g/mol. The highest BCUT2D eigenvalue weighted by Crippen LogP contribution is 2.13. The number of nitrogens with zero attached hydrogens (tertiary/aromatic N) is 6. The second-order valence-corrected chi connectivity index (χ2v) is 6.16. The molecule has 0 radical (unpaired) electrons. The van der Waals surface area contributed by atoms with Crippen molar-refractivity contribution in [2.45, 2.75) is 32.7 Å². The van der Waals surface area contributed by atoms with E-state index >= 15 is 0 Å². The van der Waals surface area contributed by atoms with Gasteiger partial charge in [0.2, 0.25) is 0 Å². The quantitative estimate of drug-likeness (QED) is 0.618. The van der Waals surface area contributed by atoms with Crippen LogP contribution in [0, 0.1) is 6.92 Å². The predicted molar refractivity (Wildman–Crippen MR) is 95.9 cm³/mol. The molecule has 0 aromatic carbocycles. The first-order valence-corrected chi connectivity index (χ1v) is 8.50. The van der Waals surface area contributed by atoms with Crippen molar-refractivity contribution in [2.24, 2.45) is 7.05 Å². The van der Waals surface area contributed by atoms with Gasteiger partial charge in [-0.15, -0.1) is 0 Å². The summed E-state index contributed by atoms with van der Waals surface area (Å²) in [6.07, 6.45) is 3.19. The number of aliphatic carboxylic acids is 1. The largest absolute Gasteiger partial charge is 0.490 e. The molecule has 1 atom stereocenters. The van der Waals surface area contributed by atoms with Gasteiger partial charge in [-0.1, -0.05) is 0 Å². The zero-order valence-corrected chi connectivity index (χ0v) is 16.2. The average Bonchev–Trinajstić information content (AvgIpc) is 3.36. The molecule has 1 unspecified atom stereocenters. The van der Waals surface area contributed by atoms with Crippen LogP contribution in [0.2, 0.25) is 0 Å². The molecule has 0 saturated carbocycles. The van der Waals surface area contributed by atoms with Crippen LogP contribution >= 0.6 is 0 Å². The van der Waals surface area contributed by atoms with E-state index in [0.717, 1.165) is 5.82 Å². The van der Waals surface area contributed by atoms with Crippen LogP contribution in [0.25, 0.3) is 5.82 Å². The van der Waals surface area contributed by atoms with Crippen LogP contribution in [0.3, 0.4) is 0 Å². The van der Waals surface area contributed by atoms with Crippen LogP contribution in [0.15, 0.2) is 37.2 Å². The molecule has 3 aromatic rings. The van der Waals surface area contributed by atoms with Gasteiger partial charge in [0.15, 0.2) is 11.5 Å². The Labute approximate surface area is 168 Å². The number of ether oxygens (including phenoxy) is 1. The third-order valence-electron chi connectivity index (χ3n) is 3.68. The molecule has 162 valence electrons. The summed E-state index contributed by atoms with van der Waals surface area (Å²) in [6, 6.07) is 1.83. The highest BCUT2D eigenvalue weighted by atomic mass is 19.4. The van der Waals surface area contributed by atoms with Gasteiger partial charge in [-0.2, -0.15) is 18.3 Å². The monoisotopic (exact) mass is 428 g/mol. The maximum Gasteiger partial charge on any atom is 0.490 e. The van der Waals surface area contributed by atoms with Gasteiger partial charge in [-0.05, 0) is 13.8 Å². The number of alkyl halides is 3. The lowest BCUT2D eigenvalue weighted by Gasteiger charge is -2.13. The van der Waals surface area contributed by atoms with Crippen molar-refractivity contribution in [2.75, 3.05) is 0 Å². The number of carboxylic acids is 1. The summed E-state index contributed by atoms with van der Waals surface area (Å²) in [5.74, 6) is -1.63. The molecular formula is C17H19F3N6O4. The van der Waals surface area contributed by atoms with Gasteiger partial charge in [0.1, 0.15) is 18.3 Å². The summed E-state index contributed by atoms with van der Waals surface area (Å²) in [4.78, 5) is 29.3. The molecule has 0 aliphatic heterocycles. The fourth-order valence-corrected chi connectivity index (χ4v) is 2.25. The van der Waals surface area contributed by atoms with Crippen molar-refractivity contribution in [1.29, 1.82) is 0 Å². The Bertz CT molecular complexity index is 1010. The van der Waals surface area contributed by atoms with Crippen molar-refractivity contribution >= 4 is 11.9 Å². The Hall–Kier alpha value is -3.64. The van der Waals surface area contributed by atoms with Crippen molar-refractivity contribution in [3.63, 3.8) is 0 Å². The third kappa shape index (κ3) is 6.18. The van der Waals surface area contributed by atoms with Gasteiger partial charge < -0.3 is 14.4 Å². The molecule has 1 N–H and O–H groups in total. The number of carbonyl (C=O) groups excluding carboxylic acids is 1. The van der Waals surface area contributed by atoms with Crippen LogP contribution in [0.4, 0.5) is 13.2 Å². The molecule has 30 heavy (non-hydrogen) atoms. The summed E-state index contributed by atoms with van der Waals surface area (Å²) in [5, 5.41) is 11.4. The number of carboxylic acid groups (broad SMARTS) is 1. The van der Waals surface area contributed by atoms with Crippen LogP contribution in [0.5, 0.6) is 0 Å². The Morgan fingerprint density at radius 2 is 1.93 bits per heavy atom. The zero-order valence-electron chi connectivity index (χ0n) is 16.2. The molecule has 0 amide bonds. The lowest BCUT2D eigenvalue weighted by Crippen LogP contribution is -2.21. The first-order chi connectivity index (χ1) is 14.0. The van der Waals surface area contributed by atoms with Crippen LogP contribution in [0.1, 0.15) is 23.2 Å². The van der Waals surface area contributed by atoms with Crippen LogP contribution in [-0.4, -0.2) is 58.2 Å². The topological polar surface area (TPSA) is 117 Å². The van der Waals surface area contributed by atoms with Gasteiger partial charge in [0.05, 0.1) is 6.54 Å². The highest BCUT2D eigenvalue weighted by Gasteiger charge is 2.38. The maximum atomic E-state index is 12.2. The second-order valence-electron chi connectivity index (χ2n) is 6.16. The van der Waals surface area contributed by atoms with E-state index in [1.54, 1.807) is 28.0 Å². The van der Waals surface area contributed by atoms with E-state index in [1.807, 2.05) is 43.9 Å². The fourth-order valence-electron chi connectivity index (χ4n) is 2.25. The fraction of sp³-hybridized carbons (Fsp3) is 0.353. The van der Waals surface area contributed by atoms with Gasteiger partial charge in [0.25, 0.3) is 0 Å². The standard InChI is InChI=1S/C15H18N6O2.C2HF3O2/c1-11(8-20-7-5-16-12(20)2)23-15(22)13-9-21(10-17-13)14-4-6-19(3)18-14;3-2(4,5)1(6)7/h4-7,9-11H,8H2,1-3H3;(H,6,7).